The number of thiophene rings is 1. The van der Waals surface area contributed by atoms with Crippen molar-refractivity contribution in [1.29, 1.82) is 0 Å². The maximum absolute atomic E-state index is 13.5. The van der Waals surface area contributed by atoms with Crippen molar-refractivity contribution >= 4 is 33.2 Å². The van der Waals surface area contributed by atoms with Crippen LogP contribution in [0.25, 0.3) is 0 Å². The molecule has 2 amide bonds. The molecule has 1 atom stereocenters. The van der Waals surface area contributed by atoms with E-state index in [0.717, 1.165) is 35.1 Å². The number of primary amides is 1. The van der Waals surface area contributed by atoms with E-state index < -0.39 is 33.7 Å². The summed E-state index contributed by atoms with van der Waals surface area (Å²) in [6, 6.07) is 7.33. The fourth-order valence-electron chi connectivity index (χ4n) is 3.32. The molecule has 0 saturated carbocycles. The van der Waals surface area contributed by atoms with E-state index in [1.54, 1.807) is 6.07 Å². The maximum Gasteiger partial charge on any atom is 0.252 e. The lowest BCUT2D eigenvalue weighted by molar-refractivity contribution is -0.137. The topological polar surface area (TPSA) is 101 Å². The molecule has 7 nitrogen and oxygen atoms in total. The van der Waals surface area contributed by atoms with Gasteiger partial charge in [-0.2, -0.15) is 4.31 Å². The number of rotatable bonds is 7. The van der Waals surface area contributed by atoms with Gasteiger partial charge in [0.15, 0.2) is 0 Å². The number of nitrogens with zero attached hydrogens (tertiary/aromatic N) is 2. The Hall–Kier alpha value is -2.30. The minimum atomic E-state index is -3.54. The second-order valence-electron chi connectivity index (χ2n) is 6.87. The van der Waals surface area contributed by atoms with Gasteiger partial charge < -0.3 is 10.6 Å². The molecule has 1 aliphatic heterocycles. The Balaban J connectivity index is 1.75. The first kappa shape index (κ1) is 21.4. The van der Waals surface area contributed by atoms with Crippen molar-refractivity contribution in [2.24, 2.45) is 5.73 Å². The van der Waals surface area contributed by atoms with Crippen LogP contribution >= 0.6 is 11.3 Å². The number of nitrogens with two attached hydrogens (primary N) is 1. The van der Waals surface area contributed by atoms with Crippen molar-refractivity contribution in [3.05, 3.63) is 52.7 Å². The van der Waals surface area contributed by atoms with Gasteiger partial charge in [0.25, 0.3) is 10.0 Å². The van der Waals surface area contributed by atoms with Crippen molar-refractivity contribution in [1.82, 2.24) is 9.21 Å². The maximum atomic E-state index is 13.5. The monoisotopic (exact) mass is 439 g/mol. The SMILES string of the molecule is CN(C(=O)Cc1ccc(S(=O)(=O)N2CCCC2)s1)C(C(N)=O)c1cccc(F)c1. The number of halogens is 1. The van der Waals surface area contributed by atoms with Crippen LogP contribution in [0.4, 0.5) is 4.39 Å². The molecule has 1 saturated heterocycles. The molecule has 3 rings (SSSR count). The molecule has 1 aliphatic rings. The highest BCUT2D eigenvalue weighted by Gasteiger charge is 2.30. The molecule has 2 aromatic rings. The minimum absolute atomic E-state index is 0.0875. The van der Waals surface area contributed by atoms with Crippen LogP contribution in [0.2, 0.25) is 0 Å². The molecule has 1 fully saturated rings. The number of hydrogen-bond acceptors (Lipinski definition) is 5. The second-order valence-corrected chi connectivity index (χ2v) is 10.2. The van der Waals surface area contributed by atoms with Gasteiger partial charge in [0.2, 0.25) is 11.8 Å². The Morgan fingerprint density at radius 2 is 1.93 bits per heavy atom. The summed E-state index contributed by atoms with van der Waals surface area (Å²) in [7, 11) is -2.13. The Kier molecular flexibility index (Phi) is 6.35. The minimum Gasteiger partial charge on any atom is -0.368 e. The summed E-state index contributed by atoms with van der Waals surface area (Å²) in [6.07, 6.45) is 1.60. The van der Waals surface area contributed by atoms with Crippen LogP contribution in [-0.2, 0) is 26.0 Å². The molecule has 156 valence electrons. The highest BCUT2D eigenvalue weighted by molar-refractivity contribution is 7.91. The van der Waals surface area contributed by atoms with Gasteiger partial charge in [-0.05, 0) is 42.7 Å². The molecule has 1 aromatic heterocycles. The lowest BCUT2D eigenvalue weighted by atomic mass is 10.0. The van der Waals surface area contributed by atoms with Gasteiger partial charge >= 0.3 is 0 Å². The van der Waals surface area contributed by atoms with E-state index in [9.17, 15) is 22.4 Å². The molecule has 1 aromatic carbocycles. The number of benzene rings is 1. The normalized spacial score (nSPS) is 15.9. The molecule has 0 radical (unpaired) electrons. The summed E-state index contributed by atoms with van der Waals surface area (Å²) in [4.78, 5) is 26.3. The van der Waals surface area contributed by atoms with E-state index in [-0.39, 0.29) is 16.2 Å². The van der Waals surface area contributed by atoms with Crippen LogP contribution in [0.3, 0.4) is 0 Å². The smallest absolute Gasteiger partial charge is 0.252 e. The number of likely N-dealkylation sites (N-methyl/N-ethyl adjacent to an activating group) is 1. The van der Waals surface area contributed by atoms with Crippen LogP contribution in [0.1, 0.15) is 29.3 Å². The van der Waals surface area contributed by atoms with E-state index >= 15 is 0 Å². The van der Waals surface area contributed by atoms with Crippen molar-refractivity contribution in [2.75, 3.05) is 20.1 Å². The van der Waals surface area contributed by atoms with E-state index in [0.29, 0.717) is 18.0 Å². The Morgan fingerprint density at radius 1 is 1.24 bits per heavy atom. The first-order valence-electron chi connectivity index (χ1n) is 9.09. The first-order chi connectivity index (χ1) is 13.7. The average Bonchev–Trinajstić information content (AvgIpc) is 3.34. The molecule has 0 spiro atoms. The Bertz CT molecular complexity index is 1020. The van der Waals surface area contributed by atoms with Crippen LogP contribution in [0.15, 0.2) is 40.6 Å². The summed E-state index contributed by atoms with van der Waals surface area (Å²) >= 11 is 1.04. The second kappa shape index (κ2) is 8.60. The van der Waals surface area contributed by atoms with Crippen molar-refractivity contribution in [2.45, 2.75) is 29.5 Å². The molecule has 2 N–H and O–H groups in total. The lowest BCUT2D eigenvalue weighted by Crippen LogP contribution is -2.39. The Morgan fingerprint density at radius 3 is 2.55 bits per heavy atom. The van der Waals surface area contributed by atoms with Gasteiger partial charge in [-0.1, -0.05) is 12.1 Å². The van der Waals surface area contributed by atoms with E-state index in [2.05, 4.69) is 0 Å². The van der Waals surface area contributed by atoms with Crippen molar-refractivity contribution < 1.29 is 22.4 Å². The number of carbonyl (C=O) groups is 2. The highest BCUT2D eigenvalue weighted by Crippen LogP contribution is 2.28. The van der Waals surface area contributed by atoms with Crippen molar-refractivity contribution in [3.63, 3.8) is 0 Å². The molecule has 0 bridgehead atoms. The number of amides is 2. The third kappa shape index (κ3) is 4.65. The third-order valence-electron chi connectivity index (χ3n) is 4.84. The van der Waals surface area contributed by atoms with Gasteiger partial charge in [-0.25, -0.2) is 12.8 Å². The van der Waals surface area contributed by atoms with E-state index in [1.807, 2.05) is 0 Å². The number of sulfonamides is 1. The lowest BCUT2D eigenvalue weighted by Gasteiger charge is -2.26. The number of hydrogen-bond donors (Lipinski definition) is 1. The molecular formula is C19H22FN3O4S2. The predicted molar refractivity (Wildman–Crippen MR) is 107 cm³/mol. The summed E-state index contributed by atoms with van der Waals surface area (Å²) < 4.78 is 40.4. The van der Waals surface area contributed by atoms with Crippen LogP contribution in [0, 0.1) is 5.82 Å². The van der Waals surface area contributed by atoms with Gasteiger partial charge in [-0.3, -0.25) is 9.59 Å². The zero-order valence-corrected chi connectivity index (χ0v) is 17.5. The average molecular weight is 440 g/mol. The van der Waals surface area contributed by atoms with Crippen molar-refractivity contribution in [3.8, 4) is 0 Å². The fourth-order valence-corrected chi connectivity index (χ4v) is 6.34. The van der Waals surface area contributed by atoms with Crippen LogP contribution < -0.4 is 5.73 Å². The summed E-state index contributed by atoms with van der Waals surface area (Å²) in [5, 5.41) is 0. The third-order valence-corrected chi connectivity index (χ3v) is 8.29. The van der Waals surface area contributed by atoms with Gasteiger partial charge in [0.1, 0.15) is 16.1 Å². The molecule has 10 heteroatoms. The zero-order chi connectivity index (χ0) is 21.2. The van der Waals surface area contributed by atoms with Gasteiger partial charge in [-0.15, -0.1) is 11.3 Å². The van der Waals surface area contributed by atoms with E-state index in [1.165, 1.54) is 35.6 Å². The first-order valence-corrected chi connectivity index (χ1v) is 11.3. The summed E-state index contributed by atoms with van der Waals surface area (Å²) in [5.74, 6) is -1.75. The standard InChI is InChI=1S/C19H22FN3O4S2/c1-22(18(19(21)25)13-5-4-6-14(20)11-13)16(24)12-15-7-8-17(28-15)29(26,27)23-9-2-3-10-23/h4-8,11,18H,2-3,9-10,12H2,1H3,(H2,21,25). The molecule has 29 heavy (non-hydrogen) atoms. The largest absolute Gasteiger partial charge is 0.368 e. The Labute approximate surface area is 173 Å². The van der Waals surface area contributed by atoms with Gasteiger partial charge in [0, 0.05) is 25.0 Å². The molecule has 1 unspecified atom stereocenters. The molecule has 0 aliphatic carbocycles. The highest BCUT2D eigenvalue weighted by atomic mass is 32.2. The van der Waals surface area contributed by atoms with Crippen LogP contribution in [0.5, 0.6) is 0 Å². The quantitative estimate of drug-likeness (QED) is 0.712. The number of carbonyl (C=O) groups excluding carboxylic acids is 2. The summed E-state index contributed by atoms with van der Waals surface area (Å²) in [6.45, 7) is 1.01. The molecular weight excluding hydrogens is 417 g/mol. The predicted octanol–water partition coefficient (Wildman–Crippen LogP) is 1.90. The summed E-state index contributed by atoms with van der Waals surface area (Å²) in [5.41, 5.74) is 5.72. The fraction of sp³-hybridized carbons (Fsp3) is 0.368. The van der Waals surface area contributed by atoms with Crippen LogP contribution in [-0.4, -0.2) is 49.6 Å². The zero-order valence-electron chi connectivity index (χ0n) is 15.9. The van der Waals surface area contributed by atoms with E-state index in [4.69, 9.17) is 5.73 Å². The van der Waals surface area contributed by atoms with Gasteiger partial charge in [0.05, 0.1) is 6.42 Å². The molecule has 2 heterocycles.